The van der Waals surface area contributed by atoms with Crippen molar-refractivity contribution >= 4 is 23.3 Å². The zero-order valence-electron chi connectivity index (χ0n) is 20.1. The number of piperidine rings is 1. The lowest BCUT2D eigenvalue weighted by molar-refractivity contribution is -0.192. The van der Waals surface area contributed by atoms with Crippen molar-refractivity contribution in [1.29, 1.82) is 0 Å². The molecule has 1 amide bonds. The summed E-state index contributed by atoms with van der Waals surface area (Å²) in [4.78, 5) is 20.1. The highest BCUT2D eigenvalue weighted by atomic mass is 32.2. The lowest BCUT2D eigenvalue weighted by Crippen LogP contribution is -2.48. The van der Waals surface area contributed by atoms with Crippen LogP contribution in [0.2, 0.25) is 0 Å². The quantitative estimate of drug-likeness (QED) is 0.391. The standard InChI is InChI=1S/C26H31F3N4OS/c1-3-22-21(17-32-13-6-5-7-23(32)26(27,28)29)31-24-15-19(12-14-33(22)24)25(34)30-16-18-8-10-20(11-9-18)35-4-2/h8-12,14-15,23H,3-7,13,16-17H2,1-2H3,(H,30,34). The van der Waals surface area contributed by atoms with E-state index in [4.69, 9.17) is 0 Å². The summed E-state index contributed by atoms with van der Waals surface area (Å²) in [5.41, 5.74) is 3.58. The highest BCUT2D eigenvalue weighted by Gasteiger charge is 2.44. The topological polar surface area (TPSA) is 49.6 Å². The van der Waals surface area contributed by atoms with Crippen molar-refractivity contribution in [2.75, 3.05) is 12.3 Å². The molecule has 188 valence electrons. The van der Waals surface area contributed by atoms with Crippen LogP contribution in [0.25, 0.3) is 5.65 Å². The van der Waals surface area contributed by atoms with E-state index in [1.807, 2.05) is 35.6 Å². The van der Waals surface area contributed by atoms with Crippen molar-refractivity contribution in [3.8, 4) is 0 Å². The Morgan fingerprint density at radius 3 is 2.63 bits per heavy atom. The van der Waals surface area contributed by atoms with E-state index < -0.39 is 12.2 Å². The lowest BCUT2D eigenvalue weighted by Gasteiger charge is -2.36. The predicted octanol–water partition coefficient (Wildman–Crippen LogP) is 5.86. The number of likely N-dealkylation sites (tertiary alicyclic amines) is 1. The van der Waals surface area contributed by atoms with E-state index in [-0.39, 0.29) is 18.9 Å². The molecule has 35 heavy (non-hydrogen) atoms. The molecule has 3 heterocycles. The minimum absolute atomic E-state index is 0.128. The van der Waals surface area contributed by atoms with Gasteiger partial charge in [0.15, 0.2) is 0 Å². The largest absolute Gasteiger partial charge is 0.404 e. The molecular formula is C26H31F3N4OS. The van der Waals surface area contributed by atoms with Crippen LogP contribution in [0.15, 0.2) is 47.5 Å². The first-order chi connectivity index (χ1) is 16.8. The van der Waals surface area contributed by atoms with Gasteiger partial charge in [0, 0.05) is 35.4 Å². The number of thioether (sulfide) groups is 1. The molecule has 0 spiro atoms. The average Bonchev–Trinajstić information content (AvgIpc) is 3.19. The molecule has 1 aliphatic heterocycles. The number of carbonyl (C=O) groups is 1. The number of alkyl halides is 3. The van der Waals surface area contributed by atoms with E-state index >= 15 is 0 Å². The van der Waals surface area contributed by atoms with Crippen molar-refractivity contribution < 1.29 is 18.0 Å². The molecule has 1 atom stereocenters. The van der Waals surface area contributed by atoms with Gasteiger partial charge in [-0.15, -0.1) is 11.8 Å². The maximum absolute atomic E-state index is 13.6. The molecule has 1 aromatic carbocycles. The van der Waals surface area contributed by atoms with E-state index in [0.717, 1.165) is 23.4 Å². The smallest absolute Gasteiger partial charge is 0.348 e. The van der Waals surface area contributed by atoms with Crippen LogP contribution in [-0.2, 0) is 19.5 Å². The molecule has 4 rings (SSSR count). The SMILES string of the molecule is CCSc1ccc(CNC(=O)c2ccn3c(CC)c(CN4CCCCC4C(F)(F)F)nc3c2)cc1. The Morgan fingerprint density at radius 2 is 1.94 bits per heavy atom. The number of hydrogen-bond donors (Lipinski definition) is 1. The summed E-state index contributed by atoms with van der Waals surface area (Å²) in [6.45, 7) is 5.05. The third-order valence-electron chi connectivity index (χ3n) is 6.44. The second kappa shape index (κ2) is 11.0. The fourth-order valence-corrected chi connectivity index (χ4v) is 5.35. The van der Waals surface area contributed by atoms with Gasteiger partial charge in [0.1, 0.15) is 11.7 Å². The normalized spacial score (nSPS) is 17.1. The molecule has 1 saturated heterocycles. The minimum atomic E-state index is -4.24. The van der Waals surface area contributed by atoms with E-state index in [2.05, 4.69) is 17.2 Å². The first-order valence-corrected chi connectivity index (χ1v) is 13.1. The molecule has 2 aromatic heterocycles. The van der Waals surface area contributed by atoms with Crippen LogP contribution in [0, 0.1) is 0 Å². The molecule has 5 nitrogen and oxygen atoms in total. The highest BCUT2D eigenvalue weighted by Crippen LogP contribution is 2.33. The second-order valence-electron chi connectivity index (χ2n) is 8.79. The van der Waals surface area contributed by atoms with Crippen molar-refractivity contribution in [2.45, 2.75) is 69.7 Å². The number of hydrogen-bond acceptors (Lipinski definition) is 4. The maximum atomic E-state index is 13.6. The average molecular weight is 505 g/mol. The van der Waals surface area contributed by atoms with Crippen LogP contribution in [0.5, 0.6) is 0 Å². The molecule has 0 bridgehead atoms. The third kappa shape index (κ3) is 6.01. The maximum Gasteiger partial charge on any atom is 0.404 e. The molecule has 1 aliphatic rings. The lowest BCUT2D eigenvalue weighted by atomic mass is 10.0. The van der Waals surface area contributed by atoms with Gasteiger partial charge >= 0.3 is 6.18 Å². The van der Waals surface area contributed by atoms with Crippen molar-refractivity contribution in [1.82, 2.24) is 19.6 Å². The van der Waals surface area contributed by atoms with Gasteiger partial charge in [-0.1, -0.05) is 32.4 Å². The van der Waals surface area contributed by atoms with Crippen molar-refractivity contribution in [3.05, 3.63) is 65.1 Å². The fraction of sp³-hybridized carbons (Fsp3) is 0.462. The zero-order chi connectivity index (χ0) is 25.0. The molecule has 0 saturated carbocycles. The molecule has 0 aliphatic carbocycles. The van der Waals surface area contributed by atoms with E-state index in [0.29, 0.717) is 42.8 Å². The van der Waals surface area contributed by atoms with Crippen molar-refractivity contribution in [3.63, 3.8) is 0 Å². The van der Waals surface area contributed by atoms with E-state index in [1.165, 1.54) is 9.80 Å². The minimum Gasteiger partial charge on any atom is -0.348 e. The number of imidazole rings is 1. The molecule has 1 N–H and O–H groups in total. The monoisotopic (exact) mass is 504 g/mol. The van der Waals surface area contributed by atoms with Crippen molar-refractivity contribution in [2.24, 2.45) is 0 Å². The Morgan fingerprint density at radius 1 is 1.17 bits per heavy atom. The summed E-state index contributed by atoms with van der Waals surface area (Å²) in [7, 11) is 0. The summed E-state index contributed by atoms with van der Waals surface area (Å²) < 4.78 is 42.6. The summed E-state index contributed by atoms with van der Waals surface area (Å²) in [5.74, 6) is 0.796. The number of pyridine rings is 1. The van der Waals surface area contributed by atoms with Gasteiger partial charge in [0.25, 0.3) is 5.91 Å². The number of fused-ring (bicyclic) bond motifs is 1. The van der Waals surface area contributed by atoms with Crippen LogP contribution in [0.3, 0.4) is 0 Å². The van der Waals surface area contributed by atoms with Gasteiger partial charge < -0.3 is 9.72 Å². The summed E-state index contributed by atoms with van der Waals surface area (Å²) in [6, 6.07) is 10.1. The van der Waals surface area contributed by atoms with Gasteiger partial charge in [-0.25, -0.2) is 4.98 Å². The molecular weight excluding hydrogens is 473 g/mol. The van der Waals surface area contributed by atoms with E-state index in [1.54, 1.807) is 30.1 Å². The Labute approximate surface area is 208 Å². The summed E-state index contributed by atoms with van der Waals surface area (Å²) in [5, 5.41) is 2.94. The Balaban J connectivity index is 1.49. The van der Waals surface area contributed by atoms with Gasteiger partial charge in [0.2, 0.25) is 0 Å². The number of nitrogens with one attached hydrogen (secondary N) is 1. The van der Waals surface area contributed by atoms with Crippen LogP contribution in [-0.4, -0.2) is 44.7 Å². The molecule has 1 unspecified atom stereocenters. The molecule has 1 fully saturated rings. The molecule has 0 radical (unpaired) electrons. The zero-order valence-corrected chi connectivity index (χ0v) is 20.9. The first kappa shape index (κ1) is 25.6. The molecule has 9 heteroatoms. The summed E-state index contributed by atoms with van der Waals surface area (Å²) in [6.07, 6.45) is -0.347. The number of nitrogens with zero attached hydrogens (tertiary/aromatic N) is 3. The van der Waals surface area contributed by atoms with E-state index in [9.17, 15) is 18.0 Å². The third-order valence-corrected chi connectivity index (χ3v) is 7.33. The highest BCUT2D eigenvalue weighted by molar-refractivity contribution is 7.99. The Bertz CT molecular complexity index is 1160. The first-order valence-electron chi connectivity index (χ1n) is 12.1. The van der Waals surface area contributed by atoms with Crippen LogP contribution < -0.4 is 5.32 Å². The van der Waals surface area contributed by atoms with Gasteiger partial charge in [-0.05, 0) is 61.4 Å². The number of carbonyl (C=O) groups excluding carboxylic acids is 1. The Hall–Kier alpha value is -2.52. The van der Waals surface area contributed by atoms with Crippen LogP contribution >= 0.6 is 11.8 Å². The summed E-state index contributed by atoms with van der Waals surface area (Å²) >= 11 is 1.77. The Kier molecular flexibility index (Phi) is 8.06. The predicted molar refractivity (Wildman–Crippen MR) is 133 cm³/mol. The number of aromatic nitrogens is 2. The van der Waals surface area contributed by atoms with Gasteiger partial charge in [0.05, 0.1) is 5.69 Å². The van der Waals surface area contributed by atoms with Gasteiger partial charge in [-0.3, -0.25) is 9.69 Å². The van der Waals surface area contributed by atoms with Crippen LogP contribution in [0.4, 0.5) is 13.2 Å². The number of amides is 1. The molecule has 3 aromatic rings. The number of aryl methyl sites for hydroxylation is 1. The van der Waals surface area contributed by atoms with Gasteiger partial charge in [-0.2, -0.15) is 13.2 Å². The fourth-order valence-electron chi connectivity index (χ4n) is 4.68. The van der Waals surface area contributed by atoms with Crippen LogP contribution in [0.1, 0.15) is 60.4 Å². The number of halogens is 3. The number of rotatable bonds is 8. The second-order valence-corrected chi connectivity index (χ2v) is 10.1. The number of benzene rings is 1.